The molecule has 1 aromatic carbocycles. The van der Waals surface area contributed by atoms with Crippen molar-refractivity contribution in [2.45, 2.75) is 69.6 Å². The summed E-state index contributed by atoms with van der Waals surface area (Å²) in [6, 6.07) is 4.94. The molecule has 0 radical (unpaired) electrons. The van der Waals surface area contributed by atoms with Gasteiger partial charge < -0.3 is 16.2 Å². The number of anilines is 1. The third-order valence-corrected chi connectivity index (χ3v) is 5.63. The fourth-order valence-corrected chi connectivity index (χ4v) is 4.43. The standard InChI is InChI=1S/C19H26FN5O/c20-14-9-6-10-15(16(14)26-13-7-2-3-8-13)25-18(22)23-17(21)24-19(25)11-4-1-5-12-19/h6,9-10,13H,1-5,7-8,11-12H2,(H4,21,22,23,24). The summed E-state index contributed by atoms with van der Waals surface area (Å²) in [6.45, 7) is 0. The van der Waals surface area contributed by atoms with Gasteiger partial charge in [-0.05, 0) is 63.5 Å². The van der Waals surface area contributed by atoms with Crippen LogP contribution in [-0.4, -0.2) is 23.7 Å². The third-order valence-electron chi connectivity index (χ3n) is 5.63. The van der Waals surface area contributed by atoms with Crippen molar-refractivity contribution in [2.75, 3.05) is 4.90 Å². The minimum absolute atomic E-state index is 0.0458. The number of hydrogen-bond acceptors (Lipinski definition) is 6. The van der Waals surface area contributed by atoms with E-state index in [1.807, 2.05) is 11.0 Å². The molecule has 2 saturated carbocycles. The van der Waals surface area contributed by atoms with E-state index in [9.17, 15) is 4.39 Å². The van der Waals surface area contributed by atoms with E-state index < -0.39 is 5.66 Å². The predicted octanol–water partition coefficient (Wildman–Crippen LogP) is 3.26. The number of halogens is 1. The molecule has 1 aliphatic heterocycles. The molecule has 4 N–H and O–H groups in total. The Morgan fingerprint density at radius 1 is 1.08 bits per heavy atom. The smallest absolute Gasteiger partial charge is 0.220 e. The molecule has 6 nitrogen and oxygen atoms in total. The Morgan fingerprint density at radius 3 is 2.54 bits per heavy atom. The highest BCUT2D eigenvalue weighted by molar-refractivity contribution is 6.06. The Kier molecular flexibility index (Phi) is 4.46. The molecule has 4 rings (SSSR count). The van der Waals surface area contributed by atoms with E-state index in [1.165, 1.54) is 6.07 Å². The van der Waals surface area contributed by atoms with E-state index in [0.29, 0.717) is 5.69 Å². The Balaban J connectivity index is 1.77. The summed E-state index contributed by atoms with van der Waals surface area (Å²) in [5.41, 5.74) is 12.2. The lowest BCUT2D eigenvalue weighted by Crippen LogP contribution is -2.58. The van der Waals surface area contributed by atoms with Crippen LogP contribution < -0.4 is 21.1 Å². The first-order chi connectivity index (χ1) is 12.6. The van der Waals surface area contributed by atoms with Crippen LogP contribution in [0.2, 0.25) is 0 Å². The molecule has 0 atom stereocenters. The average molecular weight is 359 g/mol. The van der Waals surface area contributed by atoms with Crippen molar-refractivity contribution in [3.63, 3.8) is 0 Å². The van der Waals surface area contributed by atoms with Gasteiger partial charge in [0, 0.05) is 0 Å². The predicted molar refractivity (Wildman–Crippen MR) is 101 cm³/mol. The van der Waals surface area contributed by atoms with Crippen molar-refractivity contribution >= 4 is 17.6 Å². The number of benzene rings is 1. The molecule has 0 saturated heterocycles. The Labute approximate surface area is 153 Å². The summed E-state index contributed by atoms with van der Waals surface area (Å²) >= 11 is 0. The number of nitrogens with zero attached hydrogens (tertiary/aromatic N) is 3. The zero-order valence-electron chi connectivity index (χ0n) is 15.0. The van der Waals surface area contributed by atoms with Crippen LogP contribution >= 0.6 is 0 Å². The van der Waals surface area contributed by atoms with E-state index in [1.54, 1.807) is 6.07 Å². The monoisotopic (exact) mass is 359 g/mol. The van der Waals surface area contributed by atoms with Gasteiger partial charge in [-0.15, -0.1) is 0 Å². The molecule has 7 heteroatoms. The molecule has 0 amide bonds. The molecule has 2 fully saturated rings. The van der Waals surface area contributed by atoms with Crippen LogP contribution in [0.25, 0.3) is 0 Å². The van der Waals surface area contributed by atoms with E-state index in [2.05, 4.69) is 9.98 Å². The highest BCUT2D eigenvalue weighted by Gasteiger charge is 2.44. The highest BCUT2D eigenvalue weighted by atomic mass is 19.1. The fraction of sp³-hybridized carbons (Fsp3) is 0.579. The topological polar surface area (TPSA) is 89.2 Å². The minimum Gasteiger partial charge on any atom is -0.485 e. The van der Waals surface area contributed by atoms with Crippen molar-refractivity contribution in [3.8, 4) is 5.75 Å². The average Bonchev–Trinajstić information content (AvgIpc) is 3.11. The van der Waals surface area contributed by atoms with Crippen LogP contribution in [0, 0.1) is 5.82 Å². The number of guanidine groups is 2. The SMILES string of the molecule is NC1=NC2(CCCCC2)N(c2cccc(F)c2OC2CCCC2)C(N)=N1. The fourth-order valence-electron chi connectivity index (χ4n) is 4.43. The van der Waals surface area contributed by atoms with Gasteiger partial charge in [0.1, 0.15) is 5.66 Å². The molecule has 1 heterocycles. The molecule has 0 bridgehead atoms. The van der Waals surface area contributed by atoms with E-state index in [4.69, 9.17) is 16.2 Å². The Hall–Kier alpha value is -2.31. The van der Waals surface area contributed by atoms with Crippen LogP contribution in [0.4, 0.5) is 10.1 Å². The second-order valence-electron chi connectivity index (χ2n) is 7.43. The molecular formula is C19H26FN5O. The normalized spacial score (nSPS) is 23.0. The molecule has 3 aliphatic rings. The van der Waals surface area contributed by atoms with Gasteiger partial charge in [-0.25, -0.2) is 9.38 Å². The first-order valence-electron chi connectivity index (χ1n) is 9.54. The van der Waals surface area contributed by atoms with Crippen molar-refractivity contribution in [1.29, 1.82) is 0 Å². The van der Waals surface area contributed by atoms with Crippen LogP contribution in [0.1, 0.15) is 57.8 Å². The summed E-state index contributed by atoms with van der Waals surface area (Å²) in [7, 11) is 0. The lowest BCUT2D eigenvalue weighted by atomic mass is 9.87. The van der Waals surface area contributed by atoms with Gasteiger partial charge >= 0.3 is 0 Å². The first-order valence-corrected chi connectivity index (χ1v) is 9.54. The number of hydrogen-bond donors (Lipinski definition) is 2. The number of nitrogens with two attached hydrogens (primary N) is 2. The van der Waals surface area contributed by atoms with E-state index in [-0.39, 0.29) is 29.6 Å². The van der Waals surface area contributed by atoms with E-state index >= 15 is 0 Å². The van der Waals surface area contributed by atoms with Crippen molar-refractivity contribution in [2.24, 2.45) is 21.5 Å². The molecule has 0 unspecified atom stereocenters. The molecule has 140 valence electrons. The molecule has 1 aromatic rings. The van der Waals surface area contributed by atoms with Gasteiger partial charge in [-0.3, -0.25) is 4.90 Å². The van der Waals surface area contributed by atoms with Crippen molar-refractivity contribution in [3.05, 3.63) is 24.0 Å². The van der Waals surface area contributed by atoms with E-state index in [0.717, 1.165) is 57.8 Å². The molecule has 1 spiro atoms. The Morgan fingerprint density at radius 2 is 1.81 bits per heavy atom. The molecule has 0 aromatic heterocycles. The van der Waals surface area contributed by atoms with Gasteiger partial charge in [0.2, 0.25) is 11.9 Å². The largest absolute Gasteiger partial charge is 0.485 e. The number of para-hydroxylation sites is 1. The second-order valence-corrected chi connectivity index (χ2v) is 7.43. The van der Waals surface area contributed by atoms with Crippen molar-refractivity contribution in [1.82, 2.24) is 0 Å². The quantitative estimate of drug-likeness (QED) is 0.867. The molecule has 2 aliphatic carbocycles. The summed E-state index contributed by atoms with van der Waals surface area (Å²) in [5, 5.41) is 0. The van der Waals surface area contributed by atoms with Crippen molar-refractivity contribution < 1.29 is 9.13 Å². The minimum atomic E-state index is -0.601. The summed E-state index contributed by atoms with van der Waals surface area (Å²) in [4.78, 5) is 10.7. The maximum absolute atomic E-state index is 14.7. The van der Waals surface area contributed by atoms with Gasteiger partial charge in [0.05, 0.1) is 11.8 Å². The maximum atomic E-state index is 14.7. The zero-order valence-corrected chi connectivity index (χ0v) is 15.0. The number of aliphatic imine (C=N–C) groups is 2. The lowest BCUT2D eigenvalue weighted by Gasteiger charge is -2.46. The van der Waals surface area contributed by atoms with Gasteiger partial charge in [0.15, 0.2) is 11.6 Å². The van der Waals surface area contributed by atoms with Crippen LogP contribution in [-0.2, 0) is 0 Å². The lowest BCUT2D eigenvalue weighted by molar-refractivity contribution is 0.200. The summed E-state index contributed by atoms with van der Waals surface area (Å²) in [5.74, 6) is 0.311. The first kappa shape index (κ1) is 17.1. The zero-order chi connectivity index (χ0) is 18.1. The van der Waals surface area contributed by atoms with Gasteiger partial charge in [0.25, 0.3) is 0 Å². The molecule has 26 heavy (non-hydrogen) atoms. The summed E-state index contributed by atoms with van der Waals surface area (Å²) in [6.07, 6.45) is 9.00. The molecular weight excluding hydrogens is 333 g/mol. The highest BCUT2D eigenvalue weighted by Crippen LogP contribution is 2.44. The Bertz CT molecular complexity index is 735. The van der Waals surface area contributed by atoms with Crippen LogP contribution in [0.15, 0.2) is 28.2 Å². The number of ether oxygens (including phenoxy) is 1. The van der Waals surface area contributed by atoms with Crippen LogP contribution in [0.5, 0.6) is 5.75 Å². The summed E-state index contributed by atoms with van der Waals surface area (Å²) < 4.78 is 20.8. The third kappa shape index (κ3) is 2.99. The van der Waals surface area contributed by atoms with Gasteiger partial charge in [-0.1, -0.05) is 12.5 Å². The number of rotatable bonds is 3. The van der Waals surface area contributed by atoms with Gasteiger partial charge in [-0.2, -0.15) is 4.99 Å². The second kappa shape index (κ2) is 6.78. The van der Waals surface area contributed by atoms with Crippen LogP contribution in [0.3, 0.4) is 0 Å². The maximum Gasteiger partial charge on any atom is 0.220 e.